The third kappa shape index (κ3) is 5.77. The molecule has 0 saturated carbocycles. The summed E-state index contributed by atoms with van der Waals surface area (Å²) in [5, 5.41) is 0. The summed E-state index contributed by atoms with van der Waals surface area (Å²) in [6.07, 6.45) is -3.48. The van der Waals surface area contributed by atoms with Gasteiger partial charge >= 0.3 is 6.18 Å². The molecule has 3 heterocycles. The van der Waals surface area contributed by atoms with Crippen molar-refractivity contribution in [3.05, 3.63) is 47.0 Å². The van der Waals surface area contributed by atoms with E-state index in [9.17, 15) is 27.2 Å². The molecule has 1 aromatic heterocycles. The van der Waals surface area contributed by atoms with E-state index in [4.69, 9.17) is 5.73 Å². The highest BCUT2D eigenvalue weighted by atomic mass is 19.4. The molecule has 35 heavy (non-hydrogen) atoms. The average Bonchev–Trinajstić information content (AvgIpc) is 2.80. The third-order valence-electron chi connectivity index (χ3n) is 6.42. The van der Waals surface area contributed by atoms with Gasteiger partial charge < -0.3 is 15.5 Å². The SMILES string of the molecule is C[C@@H]1CCC(=O)N(C[C@H](N)CC(=O)N2CCc3c(nc(-c4ccc(F)cc4)nc3C(F)(F)F)C2)C1. The summed E-state index contributed by atoms with van der Waals surface area (Å²) in [6, 6.07) is 4.28. The Morgan fingerprint density at radius 2 is 1.91 bits per heavy atom. The second-order valence-corrected chi connectivity index (χ2v) is 9.30. The van der Waals surface area contributed by atoms with E-state index in [0.29, 0.717) is 18.9 Å². The molecule has 2 atom stereocenters. The van der Waals surface area contributed by atoms with E-state index in [1.807, 2.05) is 0 Å². The van der Waals surface area contributed by atoms with Crippen molar-refractivity contribution in [3.8, 4) is 11.4 Å². The predicted molar refractivity (Wildman–Crippen MR) is 119 cm³/mol. The smallest absolute Gasteiger partial charge is 0.341 e. The zero-order valence-corrected chi connectivity index (χ0v) is 19.3. The van der Waals surface area contributed by atoms with E-state index < -0.39 is 23.7 Å². The van der Waals surface area contributed by atoms with Crippen LogP contribution in [0.1, 0.15) is 43.1 Å². The molecule has 1 saturated heterocycles. The van der Waals surface area contributed by atoms with Crippen LogP contribution in [-0.4, -0.2) is 57.3 Å². The summed E-state index contributed by atoms with van der Waals surface area (Å²) >= 11 is 0. The van der Waals surface area contributed by atoms with Crippen molar-refractivity contribution in [2.45, 2.75) is 51.4 Å². The molecule has 1 aromatic carbocycles. The van der Waals surface area contributed by atoms with Crippen LogP contribution in [0, 0.1) is 11.7 Å². The van der Waals surface area contributed by atoms with Crippen LogP contribution in [0.2, 0.25) is 0 Å². The van der Waals surface area contributed by atoms with Crippen molar-refractivity contribution in [2.75, 3.05) is 19.6 Å². The zero-order chi connectivity index (χ0) is 25.3. The molecule has 7 nitrogen and oxygen atoms in total. The highest BCUT2D eigenvalue weighted by molar-refractivity contribution is 5.78. The molecule has 0 radical (unpaired) electrons. The number of nitrogens with zero attached hydrogens (tertiary/aromatic N) is 4. The van der Waals surface area contributed by atoms with Crippen LogP contribution in [0.4, 0.5) is 17.6 Å². The maximum Gasteiger partial charge on any atom is 0.433 e. The molecule has 11 heteroatoms. The number of benzene rings is 1. The second-order valence-electron chi connectivity index (χ2n) is 9.30. The summed E-state index contributed by atoms with van der Waals surface area (Å²) in [5.74, 6) is -0.637. The normalized spacial score (nSPS) is 19.5. The summed E-state index contributed by atoms with van der Waals surface area (Å²) in [6.45, 7) is 2.88. The number of alkyl halides is 3. The van der Waals surface area contributed by atoms with Gasteiger partial charge in [0, 0.05) is 49.6 Å². The molecule has 0 bridgehead atoms. The standard InChI is InChI=1S/C24H27F4N5O2/c1-14-2-7-20(34)33(11-14)12-17(29)10-21(35)32-9-8-18-19(13-32)30-23(31-22(18)24(26,27)28)15-3-5-16(25)6-4-15/h3-6,14,17H,2,7-13,29H2,1H3/t14-,17-/m1/s1. The maximum atomic E-state index is 13.8. The van der Waals surface area contributed by atoms with E-state index in [-0.39, 0.29) is 66.9 Å². The van der Waals surface area contributed by atoms with Gasteiger partial charge in [0.1, 0.15) is 5.82 Å². The maximum absolute atomic E-state index is 13.8. The monoisotopic (exact) mass is 493 g/mol. The number of fused-ring (bicyclic) bond motifs is 1. The Labute approximate surface area is 200 Å². The first-order valence-corrected chi connectivity index (χ1v) is 11.5. The number of nitrogens with two attached hydrogens (primary N) is 1. The number of rotatable bonds is 5. The molecular weight excluding hydrogens is 466 g/mol. The van der Waals surface area contributed by atoms with Crippen LogP contribution in [-0.2, 0) is 28.7 Å². The molecule has 2 aromatic rings. The fourth-order valence-electron chi connectivity index (χ4n) is 4.58. The van der Waals surface area contributed by atoms with Gasteiger partial charge in [0.15, 0.2) is 11.5 Å². The summed E-state index contributed by atoms with van der Waals surface area (Å²) in [5.41, 5.74) is 5.44. The largest absolute Gasteiger partial charge is 0.433 e. The van der Waals surface area contributed by atoms with Crippen LogP contribution in [0.25, 0.3) is 11.4 Å². The quantitative estimate of drug-likeness (QED) is 0.646. The summed E-state index contributed by atoms with van der Waals surface area (Å²) in [7, 11) is 0. The first kappa shape index (κ1) is 25.0. The number of hydrogen-bond donors (Lipinski definition) is 1. The van der Waals surface area contributed by atoms with E-state index in [2.05, 4.69) is 16.9 Å². The fourth-order valence-corrected chi connectivity index (χ4v) is 4.58. The first-order valence-electron chi connectivity index (χ1n) is 11.5. The molecular formula is C24H27F4N5O2. The van der Waals surface area contributed by atoms with E-state index >= 15 is 0 Å². The molecule has 0 aliphatic carbocycles. The Morgan fingerprint density at radius 1 is 1.20 bits per heavy atom. The Bertz CT molecular complexity index is 1110. The molecule has 0 unspecified atom stereocenters. The number of carbonyl (C=O) groups is 2. The number of halogens is 4. The predicted octanol–water partition coefficient (Wildman–Crippen LogP) is 3.16. The van der Waals surface area contributed by atoms with Gasteiger partial charge in [0.25, 0.3) is 0 Å². The molecule has 2 N–H and O–H groups in total. The topological polar surface area (TPSA) is 92.4 Å². The number of carbonyl (C=O) groups excluding carboxylic acids is 2. The molecule has 2 aliphatic heterocycles. The lowest BCUT2D eigenvalue weighted by atomic mass is 9.98. The number of likely N-dealkylation sites (tertiary alicyclic amines) is 1. The van der Waals surface area contributed by atoms with Gasteiger partial charge in [-0.2, -0.15) is 13.2 Å². The van der Waals surface area contributed by atoms with Crippen LogP contribution < -0.4 is 5.73 Å². The van der Waals surface area contributed by atoms with Crippen molar-refractivity contribution in [3.63, 3.8) is 0 Å². The zero-order valence-electron chi connectivity index (χ0n) is 19.3. The highest BCUT2D eigenvalue weighted by Gasteiger charge is 2.39. The van der Waals surface area contributed by atoms with Gasteiger partial charge in [0.05, 0.1) is 12.2 Å². The van der Waals surface area contributed by atoms with Gasteiger partial charge in [-0.1, -0.05) is 6.92 Å². The number of aromatic nitrogens is 2. The second kappa shape index (κ2) is 9.88. The lowest BCUT2D eigenvalue weighted by Gasteiger charge is -2.34. The molecule has 4 rings (SSSR count). The molecule has 188 valence electrons. The van der Waals surface area contributed by atoms with Crippen LogP contribution in [0.15, 0.2) is 24.3 Å². The molecule has 1 fully saturated rings. The molecule has 0 spiro atoms. The minimum absolute atomic E-state index is 0.0163. The Balaban J connectivity index is 1.51. The van der Waals surface area contributed by atoms with Crippen LogP contribution in [0.3, 0.4) is 0 Å². The van der Waals surface area contributed by atoms with Gasteiger partial charge in [-0.3, -0.25) is 9.59 Å². The molecule has 2 amide bonds. The van der Waals surface area contributed by atoms with E-state index in [1.54, 1.807) is 4.90 Å². The van der Waals surface area contributed by atoms with Gasteiger partial charge in [-0.05, 0) is 43.0 Å². The van der Waals surface area contributed by atoms with Crippen molar-refractivity contribution in [1.29, 1.82) is 0 Å². The summed E-state index contributed by atoms with van der Waals surface area (Å²) in [4.78, 5) is 36.2. The minimum atomic E-state index is -4.70. The van der Waals surface area contributed by atoms with Gasteiger partial charge in [-0.25, -0.2) is 14.4 Å². The van der Waals surface area contributed by atoms with E-state index in [0.717, 1.165) is 18.6 Å². The Kier molecular flexibility index (Phi) is 7.07. The Hall–Kier alpha value is -3.08. The Morgan fingerprint density at radius 3 is 2.60 bits per heavy atom. The fraction of sp³-hybridized carbons (Fsp3) is 0.500. The number of hydrogen-bond acceptors (Lipinski definition) is 5. The van der Waals surface area contributed by atoms with E-state index in [1.165, 1.54) is 17.0 Å². The summed E-state index contributed by atoms with van der Waals surface area (Å²) < 4.78 is 54.6. The number of piperidine rings is 1. The minimum Gasteiger partial charge on any atom is -0.341 e. The van der Waals surface area contributed by atoms with Crippen molar-refractivity contribution in [1.82, 2.24) is 19.8 Å². The third-order valence-corrected chi connectivity index (χ3v) is 6.42. The van der Waals surface area contributed by atoms with Crippen LogP contribution in [0.5, 0.6) is 0 Å². The van der Waals surface area contributed by atoms with Crippen molar-refractivity contribution in [2.24, 2.45) is 11.7 Å². The van der Waals surface area contributed by atoms with Crippen molar-refractivity contribution < 1.29 is 27.2 Å². The first-order chi connectivity index (χ1) is 16.5. The van der Waals surface area contributed by atoms with Crippen LogP contribution >= 0.6 is 0 Å². The van der Waals surface area contributed by atoms with Crippen molar-refractivity contribution >= 4 is 11.8 Å². The number of amides is 2. The highest BCUT2D eigenvalue weighted by Crippen LogP contribution is 2.35. The lowest BCUT2D eigenvalue weighted by molar-refractivity contribution is -0.142. The average molecular weight is 494 g/mol. The van der Waals surface area contributed by atoms with Gasteiger partial charge in [-0.15, -0.1) is 0 Å². The lowest BCUT2D eigenvalue weighted by Crippen LogP contribution is -2.48. The molecule has 2 aliphatic rings. The van der Waals surface area contributed by atoms with Gasteiger partial charge in [0.2, 0.25) is 11.8 Å².